The fourth-order valence-electron chi connectivity index (χ4n) is 2.61. The summed E-state index contributed by atoms with van der Waals surface area (Å²) in [6.45, 7) is 3.26. The van der Waals surface area contributed by atoms with Gasteiger partial charge in [0.25, 0.3) is 0 Å². The van der Waals surface area contributed by atoms with E-state index in [0.29, 0.717) is 18.1 Å². The van der Waals surface area contributed by atoms with Gasteiger partial charge in [0.15, 0.2) is 11.5 Å². The Morgan fingerprint density at radius 2 is 1.86 bits per heavy atom. The van der Waals surface area contributed by atoms with Crippen molar-refractivity contribution in [2.24, 2.45) is 0 Å². The van der Waals surface area contributed by atoms with Crippen LogP contribution in [0, 0.1) is 5.82 Å². The van der Waals surface area contributed by atoms with Gasteiger partial charge >= 0.3 is 0 Å². The lowest BCUT2D eigenvalue weighted by molar-refractivity contribution is 0.285. The van der Waals surface area contributed by atoms with Crippen molar-refractivity contribution in [2.75, 3.05) is 7.11 Å². The van der Waals surface area contributed by atoms with Gasteiger partial charge < -0.3 is 14.0 Å². The second-order valence-corrected chi connectivity index (χ2v) is 5.04. The van der Waals surface area contributed by atoms with Gasteiger partial charge in [0.05, 0.1) is 7.11 Å². The van der Waals surface area contributed by atoms with Crippen LogP contribution in [0.15, 0.2) is 48.7 Å². The van der Waals surface area contributed by atoms with E-state index in [1.54, 1.807) is 19.2 Å². The number of ether oxygens (including phenoxy) is 2. The summed E-state index contributed by atoms with van der Waals surface area (Å²) >= 11 is 0. The van der Waals surface area contributed by atoms with Crippen molar-refractivity contribution >= 4 is 10.9 Å². The topological polar surface area (TPSA) is 23.4 Å². The third-order valence-electron chi connectivity index (χ3n) is 3.72. The van der Waals surface area contributed by atoms with Crippen molar-refractivity contribution in [3.05, 3.63) is 60.0 Å². The average Bonchev–Trinajstić information content (AvgIpc) is 2.90. The number of nitrogens with zero attached hydrogens (tertiary/aromatic N) is 1. The molecule has 4 heteroatoms. The zero-order valence-corrected chi connectivity index (χ0v) is 12.7. The molecule has 0 bridgehead atoms. The monoisotopic (exact) mass is 299 g/mol. The van der Waals surface area contributed by atoms with Crippen molar-refractivity contribution < 1.29 is 13.9 Å². The molecule has 0 saturated heterocycles. The van der Waals surface area contributed by atoms with Crippen molar-refractivity contribution in [2.45, 2.75) is 20.1 Å². The molecule has 3 nitrogen and oxygen atoms in total. The molecule has 0 spiro atoms. The van der Waals surface area contributed by atoms with Gasteiger partial charge in [0.2, 0.25) is 0 Å². The molecule has 2 aromatic carbocycles. The van der Waals surface area contributed by atoms with Gasteiger partial charge in [0.1, 0.15) is 12.4 Å². The van der Waals surface area contributed by atoms with Crippen LogP contribution in [0.2, 0.25) is 0 Å². The van der Waals surface area contributed by atoms with Crippen LogP contribution < -0.4 is 9.47 Å². The lowest BCUT2D eigenvalue weighted by Crippen LogP contribution is -1.97. The molecule has 0 N–H and O–H groups in total. The largest absolute Gasteiger partial charge is 0.493 e. The predicted octanol–water partition coefficient (Wildman–Crippen LogP) is 4.39. The van der Waals surface area contributed by atoms with Crippen molar-refractivity contribution in [1.29, 1.82) is 0 Å². The maximum absolute atomic E-state index is 13.5. The highest BCUT2D eigenvalue weighted by molar-refractivity contribution is 5.84. The minimum Gasteiger partial charge on any atom is -0.493 e. The Labute approximate surface area is 128 Å². The molecule has 0 radical (unpaired) electrons. The number of methoxy groups -OCH3 is 1. The van der Waals surface area contributed by atoms with E-state index in [9.17, 15) is 4.39 Å². The summed E-state index contributed by atoms with van der Waals surface area (Å²) < 4.78 is 26.8. The SMILES string of the molecule is CCn1cc(COc2ccccc2OC)c2cc(F)ccc21. The smallest absolute Gasteiger partial charge is 0.161 e. The normalized spacial score (nSPS) is 10.9. The fourth-order valence-corrected chi connectivity index (χ4v) is 2.61. The minimum absolute atomic E-state index is 0.236. The molecular weight excluding hydrogens is 281 g/mol. The van der Waals surface area contributed by atoms with Gasteiger partial charge in [-0.2, -0.15) is 0 Å². The summed E-state index contributed by atoms with van der Waals surface area (Å²) in [5.41, 5.74) is 1.98. The van der Waals surface area contributed by atoms with Crippen LogP contribution in [-0.4, -0.2) is 11.7 Å². The highest BCUT2D eigenvalue weighted by atomic mass is 19.1. The Balaban J connectivity index is 1.92. The zero-order chi connectivity index (χ0) is 15.5. The highest BCUT2D eigenvalue weighted by Gasteiger charge is 2.10. The van der Waals surface area contributed by atoms with E-state index in [0.717, 1.165) is 23.0 Å². The van der Waals surface area contributed by atoms with Crippen LogP contribution in [-0.2, 0) is 13.2 Å². The molecular formula is C18H18FNO2. The quantitative estimate of drug-likeness (QED) is 0.697. The standard InChI is InChI=1S/C18H18FNO2/c1-3-20-11-13(15-10-14(19)8-9-16(15)20)12-22-18-7-5-4-6-17(18)21-2/h4-11H,3,12H2,1-2H3. The maximum atomic E-state index is 13.5. The Hall–Kier alpha value is -2.49. The summed E-state index contributed by atoms with van der Waals surface area (Å²) in [5.74, 6) is 1.13. The number of hydrogen-bond donors (Lipinski definition) is 0. The summed E-state index contributed by atoms with van der Waals surface area (Å²) in [7, 11) is 1.61. The van der Waals surface area contributed by atoms with E-state index >= 15 is 0 Å². The van der Waals surface area contributed by atoms with Gasteiger partial charge in [-0.1, -0.05) is 12.1 Å². The van der Waals surface area contributed by atoms with Crippen LogP contribution in [0.4, 0.5) is 4.39 Å². The third-order valence-corrected chi connectivity index (χ3v) is 3.72. The number of hydrogen-bond acceptors (Lipinski definition) is 2. The summed E-state index contributed by atoms with van der Waals surface area (Å²) in [6, 6.07) is 12.3. The van der Waals surface area contributed by atoms with Gasteiger partial charge in [-0.25, -0.2) is 4.39 Å². The first kappa shape index (κ1) is 14.4. The first-order chi connectivity index (χ1) is 10.7. The van der Waals surface area contributed by atoms with Crippen LogP contribution in [0.3, 0.4) is 0 Å². The number of aromatic nitrogens is 1. The number of benzene rings is 2. The first-order valence-corrected chi connectivity index (χ1v) is 7.26. The van der Waals surface area contributed by atoms with Gasteiger partial charge in [-0.05, 0) is 37.3 Å². The minimum atomic E-state index is -0.236. The molecule has 1 aromatic heterocycles. The molecule has 3 aromatic rings. The molecule has 0 aliphatic carbocycles. The third kappa shape index (κ3) is 2.64. The summed E-state index contributed by atoms with van der Waals surface area (Å²) in [6.07, 6.45) is 2.01. The van der Waals surface area contributed by atoms with Gasteiger partial charge in [-0.15, -0.1) is 0 Å². The first-order valence-electron chi connectivity index (χ1n) is 7.26. The number of fused-ring (bicyclic) bond motifs is 1. The van der Waals surface area contributed by atoms with E-state index in [-0.39, 0.29) is 5.82 Å². The second-order valence-electron chi connectivity index (χ2n) is 5.04. The molecule has 0 aliphatic rings. The Bertz CT molecular complexity index is 795. The van der Waals surface area contributed by atoms with Crippen molar-refractivity contribution in [3.8, 4) is 11.5 Å². The van der Waals surface area contributed by atoms with Crippen molar-refractivity contribution in [1.82, 2.24) is 4.57 Å². The Kier molecular flexibility index (Phi) is 4.00. The molecule has 0 amide bonds. The van der Waals surface area contributed by atoms with Crippen LogP contribution in [0.5, 0.6) is 11.5 Å². The molecule has 0 aliphatic heterocycles. The van der Waals surface area contributed by atoms with E-state index in [2.05, 4.69) is 11.5 Å². The van der Waals surface area contributed by atoms with Crippen LogP contribution in [0.1, 0.15) is 12.5 Å². The van der Waals surface area contributed by atoms with E-state index in [1.807, 2.05) is 30.5 Å². The zero-order valence-electron chi connectivity index (χ0n) is 12.7. The molecule has 0 atom stereocenters. The van der Waals surface area contributed by atoms with Gasteiger partial charge in [0, 0.05) is 29.2 Å². The average molecular weight is 299 g/mol. The lowest BCUT2D eigenvalue weighted by atomic mass is 10.2. The number of aryl methyl sites for hydroxylation is 1. The van der Waals surface area contributed by atoms with E-state index in [4.69, 9.17) is 9.47 Å². The summed E-state index contributed by atoms with van der Waals surface area (Å²) in [4.78, 5) is 0. The molecule has 114 valence electrons. The highest BCUT2D eigenvalue weighted by Crippen LogP contribution is 2.29. The van der Waals surface area contributed by atoms with Crippen LogP contribution >= 0.6 is 0 Å². The van der Waals surface area contributed by atoms with Gasteiger partial charge in [-0.3, -0.25) is 0 Å². The summed E-state index contributed by atoms with van der Waals surface area (Å²) in [5, 5.41) is 0.886. The Morgan fingerprint density at radius 3 is 2.59 bits per heavy atom. The number of rotatable bonds is 5. The second kappa shape index (κ2) is 6.10. The predicted molar refractivity (Wildman–Crippen MR) is 84.9 cm³/mol. The lowest BCUT2D eigenvalue weighted by Gasteiger charge is -2.09. The number of halogens is 1. The molecule has 0 unspecified atom stereocenters. The molecule has 22 heavy (non-hydrogen) atoms. The Morgan fingerprint density at radius 1 is 1.09 bits per heavy atom. The fraction of sp³-hybridized carbons (Fsp3) is 0.222. The van der Waals surface area contributed by atoms with Crippen molar-refractivity contribution in [3.63, 3.8) is 0 Å². The molecule has 0 saturated carbocycles. The number of para-hydroxylation sites is 2. The van der Waals surface area contributed by atoms with E-state index in [1.165, 1.54) is 6.07 Å². The van der Waals surface area contributed by atoms with E-state index < -0.39 is 0 Å². The maximum Gasteiger partial charge on any atom is 0.161 e. The molecule has 1 heterocycles. The van der Waals surface area contributed by atoms with Crippen LogP contribution in [0.25, 0.3) is 10.9 Å². The molecule has 0 fully saturated rings. The molecule has 3 rings (SSSR count).